The van der Waals surface area contributed by atoms with Gasteiger partial charge in [-0.2, -0.15) is 5.26 Å². The molecule has 0 aromatic heterocycles. The Balaban J connectivity index is 1.30. The summed E-state index contributed by atoms with van der Waals surface area (Å²) in [6, 6.07) is 28.8. The van der Waals surface area contributed by atoms with Gasteiger partial charge >= 0.3 is 5.97 Å². The van der Waals surface area contributed by atoms with E-state index in [0.29, 0.717) is 29.4 Å². The van der Waals surface area contributed by atoms with Crippen LogP contribution >= 0.6 is 0 Å². The van der Waals surface area contributed by atoms with E-state index in [2.05, 4.69) is 18.2 Å². The number of hydrogen-bond donors (Lipinski definition) is 1. The molecule has 2 N–H and O–H groups in total. The number of esters is 1. The first-order valence-electron chi connectivity index (χ1n) is 13.2. The van der Waals surface area contributed by atoms with Crippen molar-refractivity contribution >= 4 is 5.97 Å². The second-order valence-electron chi connectivity index (χ2n) is 9.95. The van der Waals surface area contributed by atoms with Gasteiger partial charge in [0.15, 0.2) is 6.61 Å². The quantitative estimate of drug-likeness (QED) is 0.202. The van der Waals surface area contributed by atoms with E-state index < -0.39 is 11.9 Å². The molecule has 0 bridgehead atoms. The van der Waals surface area contributed by atoms with Gasteiger partial charge in [0.2, 0.25) is 5.88 Å². The second-order valence-corrected chi connectivity index (χ2v) is 9.95. The Morgan fingerprint density at radius 3 is 2.27 bits per heavy atom. The molecule has 0 fully saturated rings. The van der Waals surface area contributed by atoms with Crippen molar-refractivity contribution in [3.8, 4) is 29.1 Å². The zero-order chi connectivity index (χ0) is 28.9. The fraction of sp³-hybridized carbons (Fsp3) is 0.176. The zero-order valence-electron chi connectivity index (χ0n) is 23.1. The molecule has 206 valence electrons. The Bertz CT molecular complexity index is 1630. The van der Waals surface area contributed by atoms with E-state index in [-0.39, 0.29) is 18.2 Å². The summed E-state index contributed by atoms with van der Waals surface area (Å²) >= 11 is 0. The van der Waals surface area contributed by atoms with Crippen LogP contribution in [0.4, 0.5) is 0 Å². The highest BCUT2D eigenvalue weighted by Crippen LogP contribution is 2.43. The van der Waals surface area contributed by atoms with Gasteiger partial charge in [0.05, 0.1) is 5.92 Å². The minimum atomic E-state index is -0.553. The molecule has 0 spiro atoms. The Morgan fingerprint density at radius 1 is 0.902 bits per heavy atom. The number of para-hydroxylation sites is 1. The number of fused-ring (bicyclic) bond motifs is 1. The second kappa shape index (κ2) is 11.9. The molecule has 1 heterocycles. The third-order valence-electron chi connectivity index (χ3n) is 6.90. The first kappa shape index (κ1) is 27.4. The lowest BCUT2D eigenvalue weighted by molar-refractivity contribution is -0.136. The fourth-order valence-electron chi connectivity index (χ4n) is 4.77. The van der Waals surface area contributed by atoms with Crippen LogP contribution in [-0.2, 0) is 11.4 Å². The van der Waals surface area contributed by atoms with Crippen molar-refractivity contribution in [1.82, 2.24) is 0 Å². The van der Waals surface area contributed by atoms with Crippen LogP contribution in [0.15, 0.2) is 96.4 Å². The van der Waals surface area contributed by atoms with Gasteiger partial charge in [-0.05, 0) is 61.2 Å². The number of nitriles is 1. The van der Waals surface area contributed by atoms with Gasteiger partial charge in [-0.1, -0.05) is 66.2 Å². The van der Waals surface area contributed by atoms with E-state index in [9.17, 15) is 10.1 Å². The largest absolute Gasteiger partial charge is 0.489 e. The summed E-state index contributed by atoms with van der Waals surface area (Å²) in [6.07, 6.45) is 0. The molecule has 1 unspecified atom stereocenters. The van der Waals surface area contributed by atoms with Crippen LogP contribution in [0.2, 0.25) is 0 Å². The Morgan fingerprint density at radius 2 is 1.59 bits per heavy atom. The number of aryl methyl sites for hydroxylation is 3. The first-order chi connectivity index (χ1) is 19.8. The average molecular weight is 547 g/mol. The maximum Gasteiger partial charge on any atom is 0.349 e. The summed E-state index contributed by atoms with van der Waals surface area (Å²) in [5.74, 6) is 1.07. The molecule has 0 aliphatic carbocycles. The van der Waals surface area contributed by atoms with E-state index in [1.807, 2.05) is 75.4 Å². The van der Waals surface area contributed by atoms with Gasteiger partial charge in [0.1, 0.15) is 41.2 Å². The van der Waals surface area contributed by atoms with Crippen LogP contribution in [-0.4, -0.2) is 12.6 Å². The number of benzene rings is 4. The van der Waals surface area contributed by atoms with Crippen molar-refractivity contribution in [2.24, 2.45) is 5.73 Å². The molecule has 7 heteroatoms. The minimum absolute atomic E-state index is 0.00605. The summed E-state index contributed by atoms with van der Waals surface area (Å²) in [5, 5.41) is 9.89. The Labute approximate surface area is 239 Å². The van der Waals surface area contributed by atoms with E-state index in [0.717, 1.165) is 27.8 Å². The average Bonchev–Trinajstić information content (AvgIpc) is 2.96. The number of ether oxygens (including phenoxy) is 4. The molecular weight excluding hydrogens is 516 g/mol. The van der Waals surface area contributed by atoms with Crippen molar-refractivity contribution in [2.45, 2.75) is 33.3 Å². The Kier molecular flexibility index (Phi) is 7.93. The van der Waals surface area contributed by atoms with Crippen molar-refractivity contribution < 1.29 is 23.7 Å². The lowest BCUT2D eigenvalue weighted by Gasteiger charge is -2.26. The summed E-state index contributed by atoms with van der Waals surface area (Å²) in [7, 11) is 0. The number of hydrogen-bond acceptors (Lipinski definition) is 7. The van der Waals surface area contributed by atoms with Crippen LogP contribution in [0.1, 0.15) is 39.3 Å². The summed E-state index contributed by atoms with van der Waals surface area (Å²) in [6.45, 7) is 6.10. The van der Waals surface area contributed by atoms with Crippen LogP contribution in [0, 0.1) is 32.1 Å². The fourth-order valence-corrected chi connectivity index (χ4v) is 4.77. The third-order valence-corrected chi connectivity index (χ3v) is 6.90. The maximum atomic E-state index is 12.5. The lowest BCUT2D eigenvalue weighted by atomic mass is 9.83. The minimum Gasteiger partial charge on any atom is -0.489 e. The number of carbonyl (C=O) groups excluding carboxylic acids is 1. The van der Waals surface area contributed by atoms with E-state index in [1.165, 1.54) is 5.56 Å². The standard InChI is InChI=1S/C34H30N2O5/c1-21-7-9-24(10-8-21)19-38-26-13-11-25(12-14-26)32-28-16-15-27(17-30(28)41-34(36)29(32)18-35)40-31(37)20-39-33-22(2)5-4-6-23(33)3/h4-17,32H,19-20,36H2,1-3H3. The van der Waals surface area contributed by atoms with Crippen LogP contribution in [0.3, 0.4) is 0 Å². The highest BCUT2D eigenvalue weighted by Gasteiger charge is 2.31. The molecule has 1 aliphatic heterocycles. The summed E-state index contributed by atoms with van der Waals surface area (Å²) in [4.78, 5) is 12.5. The predicted molar refractivity (Wildman–Crippen MR) is 155 cm³/mol. The lowest BCUT2D eigenvalue weighted by Crippen LogP contribution is -2.22. The van der Waals surface area contributed by atoms with Crippen molar-refractivity contribution in [3.05, 3.63) is 130 Å². The number of carbonyl (C=O) groups is 1. The Hall–Kier alpha value is -5.22. The third kappa shape index (κ3) is 6.18. The highest BCUT2D eigenvalue weighted by molar-refractivity contribution is 5.74. The van der Waals surface area contributed by atoms with Crippen molar-refractivity contribution in [2.75, 3.05) is 6.61 Å². The van der Waals surface area contributed by atoms with Gasteiger partial charge < -0.3 is 24.7 Å². The molecule has 4 aromatic carbocycles. The molecule has 41 heavy (non-hydrogen) atoms. The zero-order valence-corrected chi connectivity index (χ0v) is 23.1. The van der Waals surface area contributed by atoms with E-state index in [4.69, 9.17) is 24.7 Å². The molecule has 0 saturated heterocycles. The smallest absolute Gasteiger partial charge is 0.349 e. The van der Waals surface area contributed by atoms with Crippen LogP contribution < -0.4 is 24.7 Å². The van der Waals surface area contributed by atoms with Gasteiger partial charge in [0, 0.05) is 11.6 Å². The molecule has 4 aromatic rings. The normalized spacial score (nSPS) is 14.0. The SMILES string of the molecule is Cc1ccc(COc2ccc(C3C(C#N)=C(N)Oc4cc(OC(=O)COc5c(C)cccc5C)ccc43)cc2)cc1. The topological polar surface area (TPSA) is 104 Å². The molecule has 0 amide bonds. The molecule has 5 rings (SSSR count). The summed E-state index contributed by atoms with van der Waals surface area (Å²) < 4.78 is 23.0. The maximum absolute atomic E-state index is 12.5. The van der Waals surface area contributed by atoms with E-state index >= 15 is 0 Å². The number of allylic oxidation sites excluding steroid dienone is 1. The molecular formula is C34H30N2O5. The van der Waals surface area contributed by atoms with E-state index in [1.54, 1.807) is 18.2 Å². The first-order valence-corrected chi connectivity index (χ1v) is 13.2. The molecule has 1 atom stereocenters. The van der Waals surface area contributed by atoms with Crippen molar-refractivity contribution in [3.63, 3.8) is 0 Å². The highest BCUT2D eigenvalue weighted by atomic mass is 16.6. The monoisotopic (exact) mass is 546 g/mol. The number of nitrogens with zero attached hydrogens (tertiary/aromatic N) is 1. The van der Waals surface area contributed by atoms with Gasteiger partial charge in [-0.25, -0.2) is 4.79 Å². The van der Waals surface area contributed by atoms with Gasteiger partial charge in [-0.3, -0.25) is 0 Å². The van der Waals surface area contributed by atoms with Crippen LogP contribution in [0.25, 0.3) is 0 Å². The number of nitrogens with two attached hydrogens (primary N) is 1. The van der Waals surface area contributed by atoms with Gasteiger partial charge in [0.25, 0.3) is 0 Å². The molecule has 0 saturated carbocycles. The molecule has 1 aliphatic rings. The van der Waals surface area contributed by atoms with Gasteiger partial charge in [-0.15, -0.1) is 0 Å². The van der Waals surface area contributed by atoms with Crippen LogP contribution in [0.5, 0.6) is 23.0 Å². The van der Waals surface area contributed by atoms with Crippen molar-refractivity contribution in [1.29, 1.82) is 5.26 Å². The number of rotatable bonds is 8. The predicted octanol–water partition coefficient (Wildman–Crippen LogP) is 6.39. The molecule has 7 nitrogen and oxygen atoms in total. The summed E-state index contributed by atoms with van der Waals surface area (Å²) in [5.41, 5.74) is 12.2. The molecule has 0 radical (unpaired) electrons.